The van der Waals surface area contributed by atoms with Gasteiger partial charge in [0.15, 0.2) is 6.73 Å². The van der Waals surface area contributed by atoms with Crippen LogP contribution in [0.3, 0.4) is 0 Å². The predicted octanol–water partition coefficient (Wildman–Crippen LogP) is 4.70. The summed E-state index contributed by atoms with van der Waals surface area (Å²) in [5.41, 5.74) is 4.32. The van der Waals surface area contributed by atoms with E-state index in [0.29, 0.717) is 40.3 Å². The summed E-state index contributed by atoms with van der Waals surface area (Å²) in [6, 6.07) is 17.7. The van der Waals surface area contributed by atoms with Crippen LogP contribution in [0, 0.1) is 6.92 Å². The molecular weight excluding hydrogens is 462 g/mol. The zero-order valence-corrected chi connectivity index (χ0v) is 20.0. The van der Waals surface area contributed by atoms with Crippen molar-refractivity contribution in [2.75, 3.05) is 25.9 Å². The SMILES string of the molecule is COC(=O)c1ccc(C(=O)OC)c(N2COc3c(cc4c(-c5ccccc5)cc(=O)oc4c3C)C2)c1. The van der Waals surface area contributed by atoms with Gasteiger partial charge in [0.25, 0.3) is 0 Å². The summed E-state index contributed by atoms with van der Waals surface area (Å²) in [5, 5.41) is 0.777. The van der Waals surface area contributed by atoms with Gasteiger partial charge in [-0.15, -0.1) is 0 Å². The predicted molar refractivity (Wildman–Crippen MR) is 133 cm³/mol. The Morgan fingerprint density at radius 2 is 1.69 bits per heavy atom. The minimum absolute atomic E-state index is 0.108. The fraction of sp³-hybridized carbons (Fsp3) is 0.179. The van der Waals surface area contributed by atoms with Gasteiger partial charge in [-0.05, 0) is 42.3 Å². The summed E-state index contributed by atoms with van der Waals surface area (Å²) in [4.78, 5) is 38.9. The topological polar surface area (TPSA) is 95.3 Å². The highest BCUT2D eigenvalue weighted by molar-refractivity contribution is 6.00. The molecule has 0 bridgehead atoms. The van der Waals surface area contributed by atoms with Crippen molar-refractivity contribution in [1.82, 2.24) is 0 Å². The third kappa shape index (κ3) is 3.96. The van der Waals surface area contributed by atoms with E-state index in [1.54, 1.807) is 6.07 Å². The largest absolute Gasteiger partial charge is 0.472 e. The van der Waals surface area contributed by atoms with Crippen molar-refractivity contribution in [2.24, 2.45) is 0 Å². The Balaban J connectivity index is 1.65. The lowest BCUT2D eigenvalue weighted by Gasteiger charge is -2.33. The van der Waals surface area contributed by atoms with Crippen molar-refractivity contribution in [1.29, 1.82) is 0 Å². The second-order valence-corrected chi connectivity index (χ2v) is 8.40. The van der Waals surface area contributed by atoms with Gasteiger partial charge >= 0.3 is 17.6 Å². The van der Waals surface area contributed by atoms with Gasteiger partial charge in [-0.2, -0.15) is 0 Å². The van der Waals surface area contributed by atoms with Crippen LogP contribution >= 0.6 is 0 Å². The van der Waals surface area contributed by atoms with Crippen LogP contribution in [0.15, 0.2) is 69.9 Å². The van der Waals surface area contributed by atoms with Crippen LogP contribution in [-0.4, -0.2) is 32.9 Å². The van der Waals surface area contributed by atoms with Crippen LogP contribution in [0.1, 0.15) is 31.8 Å². The number of anilines is 1. The first kappa shape index (κ1) is 23.2. The van der Waals surface area contributed by atoms with Crippen LogP contribution in [0.2, 0.25) is 0 Å². The van der Waals surface area contributed by atoms with Crippen molar-refractivity contribution in [3.05, 3.63) is 93.3 Å². The van der Waals surface area contributed by atoms with E-state index < -0.39 is 17.6 Å². The maximum atomic E-state index is 12.5. The molecule has 0 spiro atoms. The number of carbonyl (C=O) groups is 2. The molecule has 0 saturated carbocycles. The Bertz CT molecular complexity index is 1560. The van der Waals surface area contributed by atoms with E-state index in [1.165, 1.54) is 32.4 Å². The van der Waals surface area contributed by atoms with Crippen LogP contribution in [0.4, 0.5) is 5.69 Å². The quantitative estimate of drug-likeness (QED) is 0.303. The van der Waals surface area contributed by atoms with Gasteiger partial charge in [0.2, 0.25) is 0 Å². The van der Waals surface area contributed by atoms with Crippen LogP contribution < -0.4 is 15.3 Å². The second-order valence-electron chi connectivity index (χ2n) is 8.40. The van der Waals surface area contributed by atoms with E-state index in [4.69, 9.17) is 18.6 Å². The molecule has 0 amide bonds. The number of fused-ring (bicyclic) bond motifs is 2. The first-order chi connectivity index (χ1) is 17.4. The first-order valence-corrected chi connectivity index (χ1v) is 11.3. The molecule has 2 heterocycles. The molecule has 182 valence electrons. The highest BCUT2D eigenvalue weighted by Gasteiger charge is 2.27. The Morgan fingerprint density at radius 1 is 0.944 bits per heavy atom. The summed E-state index contributed by atoms with van der Waals surface area (Å²) in [6.45, 7) is 2.34. The normalized spacial score (nSPS) is 12.6. The molecular formula is C28H23NO7. The fourth-order valence-corrected chi connectivity index (χ4v) is 4.55. The number of hydrogen-bond donors (Lipinski definition) is 0. The molecule has 1 aliphatic heterocycles. The van der Waals surface area contributed by atoms with E-state index in [1.807, 2.05) is 48.2 Å². The molecule has 0 radical (unpaired) electrons. The standard InChI is InChI=1S/C28H23NO7/c1-16-25-19(11-22-21(13-24(30)36-26(16)22)17-7-5-4-6-8-17)14-29(15-35-25)23-12-18(27(31)33-2)9-10-20(23)28(32)34-3/h4-13H,14-15H2,1-3H3. The lowest BCUT2D eigenvalue weighted by molar-refractivity contribution is 0.0587. The molecule has 8 nitrogen and oxygen atoms in total. The lowest BCUT2D eigenvalue weighted by Crippen LogP contribution is -2.33. The third-order valence-electron chi connectivity index (χ3n) is 6.27. The number of nitrogens with zero attached hydrogens (tertiary/aromatic N) is 1. The first-order valence-electron chi connectivity index (χ1n) is 11.3. The summed E-state index contributed by atoms with van der Waals surface area (Å²) < 4.78 is 21.5. The number of aryl methyl sites for hydroxylation is 1. The molecule has 8 heteroatoms. The summed E-state index contributed by atoms with van der Waals surface area (Å²) >= 11 is 0. The molecule has 0 saturated heterocycles. The van der Waals surface area contributed by atoms with Gasteiger partial charge in [-0.25, -0.2) is 14.4 Å². The molecule has 5 rings (SSSR count). The van der Waals surface area contributed by atoms with Gasteiger partial charge in [0.05, 0.1) is 31.0 Å². The molecule has 0 N–H and O–H groups in total. The molecule has 0 unspecified atom stereocenters. The molecule has 1 aromatic heterocycles. The van der Waals surface area contributed by atoms with Crippen LogP contribution in [-0.2, 0) is 16.0 Å². The molecule has 3 aromatic carbocycles. The van der Waals surface area contributed by atoms with Crippen LogP contribution in [0.25, 0.3) is 22.1 Å². The summed E-state index contributed by atoms with van der Waals surface area (Å²) in [5.74, 6) is -0.429. The second kappa shape index (κ2) is 9.22. The average molecular weight is 485 g/mol. The Morgan fingerprint density at radius 3 is 2.42 bits per heavy atom. The Labute approximate surface area is 206 Å². The zero-order valence-electron chi connectivity index (χ0n) is 20.0. The average Bonchev–Trinajstić information content (AvgIpc) is 2.92. The van der Waals surface area contributed by atoms with Gasteiger partial charge < -0.3 is 23.5 Å². The molecule has 0 fully saturated rings. The van der Waals surface area contributed by atoms with E-state index in [9.17, 15) is 14.4 Å². The van der Waals surface area contributed by atoms with Crippen molar-refractivity contribution in [3.8, 4) is 16.9 Å². The number of benzene rings is 3. The molecule has 1 aliphatic rings. The number of esters is 2. The van der Waals surface area contributed by atoms with E-state index in [2.05, 4.69) is 0 Å². The number of hydrogen-bond acceptors (Lipinski definition) is 8. The van der Waals surface area contributed by atoms with Gasteiger partial charge in [0, 0.05) is 29.1 Å². The Hall–Kier alpha value is -4.59. The third-order valence-corrected chi connectivity index (χ3v) is 6.27. The van der Waals surface area contributed by atoms with E-state index in [-0.39, 0.29) is 6.73 Å². The summed E-state index contributed by atoms with van der Waals surface area (Å²) in [6.07, 6.45) is 0. The van der Waals surface area contributed by atoms with E-state index in [0.717, 1.165) is 22.1 Å². The maximum Gasteiger partial charge on any atom is 0.339 e. The molecule has 0 atom stereocenters. The molecule has 4 aromatic rings. The Kier molecular flexibility index (Phi) is 5.93. The molecule has 36 heavy (non-hydrogen) atoms. The minimum atomic E-state index is -0.532. The highest BCUT2D eigenvalue weighted by Crippen LogP contribution is 2.39. The highest BCUT2D eigenvalue weighted by atomic mass is 16.5. The number of methoxy groups -OCH3 is 2. The van der Waals surface area contributed by atoms with Gasteiger partial charge in [0.1, 0.15) is 11.3 Å². The van der Waals surface area contributed by atoms with Crippen LogP contribution in [0.5, 0.6) is 5.75 Å². The zero-order chi connectivity index (χ0) is 25.4. The number of ether oxygens (including phenoxy) is 3. The van der Waals surface area contributed by atoms with Crippen molar-refractivity contribution < 1.29 is 28.2 Å². The maximum absolute atomic E-state index is 12.5. The van der Waals surface area contributed by atoms with Gasteiger partial charge in [-0.1, -0.05) is 30.3 Å². The number of carbonyl (C=O) groups excluding carboxylic acids is 2. The molecule has 0 aliphatic carbocycles. The van der Waals surface area contributed by atoms with Gasteiger partial charge in [-0.3, -0.25) is 0 Å². The lowest BCUT2D eigenvalue weighted by atomic mass is 9.96. The number of rotatable bonds is 4. The van der Waals surface area contributed by atoms with Crippen molar-refractivity contribution >= 4 is 28.6 Å². The monoisotopic (exact) mass is 485 g/mol. The van der Waals surface area contributed by atoms with E-state index >= 15 is 0 Å². The van der Waals surface area contributed by atoms with Crippen molar-refractivity contribution in [2.45, 2.75) is 13.5 Å². The summed E-state index contributed by atoms with van der Waals surface area (Å²) in [7, 11) is 2.60. The smallest absolute Gasteiger partial charge is 0.339 e. The fourth-order valence-electron chi connectivity index (χ4n) is 4.55. The minimum Gasteiger partial charge on any atom is -0.472 e. The van der Waals surface area contributed by atoms with Crippen molar-refractivity contribution in [3.63, 3.8) is 0 Å².